The SMILES string of the molecule is Cn1cc([C@@H](O)CN2CCC3(CC2)C[C@@H](O)c2cc(F)ccc2O3)c2ccccc21. The summed E-state index contributed by atoms with van der Waals surface area (Å²) < 4.78 is 21.8. The molecule has 3 aromatic rings. The van der Waals surface area contributed by atoms with E-state index >= 15 is 0 Å². The van der Waals surface area contributed by atoms with Gasteiger partial charge in [0, 0.05) is 61.3 Å². The Morgan fingerprint density at radius 3 is 2.77 bits per heavy atom. The summed E-state index contributed by atoms with van der Waals surface area (Å²) >= 11 is 0. The molecule has 0 aliphatic carbocycles. The van der Waals surface area contributed by atoms with Crippen molar-refractivity contribution in [3.8, 4) is 5.75 Å². The Labute approximate surface area is 175 Å². The number of hydrogen-bond acceptors (Lipinski definition) is 4. The second-order valence-electron chi connectivity index (χ2n) is 8.72. The molecule has 2 aliphatic rings. The van der Waals surface area contributed by atoms with Gasteiger partial charge < -0.3 is 24.4 Å². The molecule has 2 N–H and O–H groups in total. The molecule has 1 saturated heterocycles. The lowest BCUT2D eigenvalue weighted by molar-refractivity contribution is -0.0588. The summed E-state index contributed by atoms with van der Waals surface area (Å²) in [7, 11) is 2.00. The number of aliphatic hydroxyl groups excluding tert-OH is 2. The summed E-state index contributed by atoms with van der Waals surface area (Å²) in [6.07, 6.45) is 2.75. The van der Waals surface area contributed by atoms with E-state index in [4.69, 9.17) is 4.74 Å². The van der Waals surface area contributed by atoms with E-state index in [-0.39, 0.29) is 5.82 Å². The first-order valence-electron chi connectivity index (χ1n) is 10.5. The third-order valence-corrected chi connectivity index (χ3v) is 6.71. The quantitative estimate of drug-likeness (QED) is 0.691. The molecule has 0 unspecified atom stereocenters. The van der Waals surface area contributed by atoms with E-state index in [0.717, 1.165) is 42.4 Å². The molecule has 5 nitrogen and oxygen atoms in total. The largest absolute Gasteiger partial charge is 0.487 e. The molecule has 6 heteroatoms. The monoisotopic (exact) mass is 410 g/mol. The first kappa shape index (κ1) is 19.5. The number of fused-ring (bicyclic) bond motifs is 2. The molecule has 5 rings (SSSR count). The van der Waals surface area contributed by atoms with Crippen LogP contribution >= 0.6 is 0 Å². The molecule has 0 amide bonds. The summed E-state index contributed by atoms with van der Waals surface area (Å²) in [4.78, 5) is 2.26. The molecule has 0 radical (unpaired) electrons. The number of hydrogen-bond donors (Lipinski definition) is 2. The summed E-state index contributed by atoms with van der Waals surface area (Å²) in [5, 5.41) is 22.6. The molecule has 3 heterocycles. The van der Waals surface area contributed by atoms with Crippen molar-refractivity contribution in [1.29, 1.82) is 0 Å². The molecule has 1 spiro atoms. The Bertz CT molecular complexity index is 1070. The summed E-state index contributed by atoms with van der Waals surface area (Å²) in [5.74, 6) is 0.226. The average Bonchev–Trinajstić information content (AvgIpc) is 3.08. The second kappa shape index (κ2) is 7.38. The van der Waals surface area contributed by atoms with Crippen molar-refractivity contribution in [2.75, 3.05) is 19.6 Å². The van der Waals surface area contributed by atoms with Gasteiger partial charge in [0.15, 0.2) is 0 Å². The highest BCUT2D eigenvalue weighted by Crippen LogP contribution is 2.44. The Hall–Kier alpha value is -2.41. The predicted molar refractivity (Wildman–Crippen MR) is 113 cm³/mol. The van der Waals surface area contributed by atoms with Gasteiger partial charge in [-0.25, -0.2) is 4.39 Å². The number of piperidine rings is 1. The number of para-hydroxylation sites is 1. The van der Waals surface area contributed by atoms with Crippen molar-refractivity contribution < 1.29 is 19.3 Å². The molecule has 158 valence electrons. The van der Waals surface area contributed by atoms with Crippen LogP contribution in [0.1, 0.15) is 42.6 Å². The van der Waals surface area contributed by atoms with Gasteiger partial charge in [-0.05, 0) is 37.1 Å². The number of aromatic nitrogens is 1. The third kappa shape index (κ3) is 3.39. The van der Waals surface area contributed by atoms with Crippen molar-refractivity contribution >= 4 is 10.9 Å². The number of nitrogens with zero attached hydrogens (tertiary/aromatic N) is 2. The van der Waals surface area contributed by atoms with Gasteiger partial charge in [-0.3, -0.25) is 0 Å². The van der Waals surface area contributed by atoms with Gasteiger partial charge in [-0.1, -0.05) is 18.2 Å². The van der Waals surface area contributed by atoms with E-state index in [0.29, 0.717) is 24.3 Å². The fraction of sp³-hybridized carbons (Fsp3) is 0.417. The van der Waals surface area contributed by atoms with Crippen LogP contribution in [0.5, 0.6) is 5.75 Å². The number of β-amino-alcohol motifs (C(OH)–C–C–N with tert-alkyl or cyclic N) is 1. The minimum absolute atomic E-state index is 0.357. The van der Waals surface area contributed by atoms with E-state index in [1.54, 1.807) is 6.07 Å². The van der Waals surface area contributed by atoms with Crippen LogP contribution in [0.2, 0.25) is 0 Å². The van der Waals surface area contributed by atoms with Gasteiger partial charge in [0.25, 0.3) is 0 Å². The Balaban J connectivity index is 1.27. The highest BCUT2D eigenvalue weighted by atomic mass is 19.1. The maximum Gasteiger partial charge on any atom is 0.126 e. The highest BCUT2D eigenvalue weighted by molar-refractivity contribution is 5.84. The van der Waals surface area contributed by atoms with Crippen LogP contribution in [0.4, 0.5) is 4.39 Å². The first-order valence-corrected chi connectivity index (χ1v) is 10.5. The van der Waals surface area contributed by atoms with Crippen LogP contribution in [0.15, 0.2) is 48.7 Å². The van der Waals surface area contributed by atoms with Gasteiger partial charge in [-0.2, -0.15) is 0 Å². The van der Waals surface area contributed by atoms with E-state index in [1.807, 2.05) is 25.4 Å². The van der Waals surface area contributed by atoms with Gasteiger partial charge in [0.05, 0.1) is 12.2 Å². The summed E-state index contributed by atoms with van der Waals surface area (Å²) in [6.45, 7) is 2.13. The molecule has 2 aromatic carbocycles. The van der Waals surface area contributed by atoms with Crippen LogP contribution < -0.4 is 4.74 Å². The fourth-order valence-corrected chi connectivity index (χ4v) is 5.04. The molecule has 1 aromatic heterocycles. The van der Waals surface area contributed by atoms with Gasteiger partial charge in [0.2, 0.25) is 0 Å². The lowest BCUT2D eigenvalue weighted by atomic mass is 9.81. The van der Waals surface area contributed by atoms with E-state index < -0.39 is 17.8 Å². The van der Waals surface area contributed by atoms with E-state index in [2.05, 4.69) is 21.6 Å². The van der Waals surface area contributed by atoms with Crippen molar-refractivity contribution in [2.45, 2.75) is 37.1 Å². The molecule has 0 saturated carbocycles. The van der Waals surface area contributed by atoms with Gasteiger partial charge in [0.1, 0.15) is 17.2 Å². The maximum absolute atomic E-state index is 13.5. The zero-order chi connectivity index (χ0) is 20.9. The molecular weight excluding hydrogens is 383 g/mol. The maximum atomic E-state index is 13.5. The normalized spacial score (nSPS) is 22.1. The van der Waals surface area contributed by atoms with Crippen LogP contribution in [-0.4, -0.2) is 44.9 Å². The number of ether oxygens (including phenoxy) is 1. The average molecular weight is 410 g/mol. The Morgan fingerprint density at radius 1 is 1.20 bits per heavy atom. The molecule has 1 fully saturated rings. The number of aryl methyl sites for hydroxylation is 1. The third-order valence-electron chi connectivity index (χ3n) is 6.71. The second-order valence-corrected chi connectivity index (χ2v) is 8.72. The molecule has 2 aliphatic heterocycles. The van der Waals surface area contributed by atoms with Crippen LogP contribution in [0, 0.1) is 5.82 Å². The Morgan fingerprint density at radius 2 is 1.97 bits per heavy atom. The zero-order valence-corrected chi connectivity index (χ0v) is 17.1. The zero-order valence-electron chi connectivity index (χ0n) is 17.1. The topological polar surface area (TPSA) is 57.9 Å². The van der Waals surface area contributed by atoms with E-state index in [1.165, 1.54) is 12.1 Å². The minimum Gasteiger partial charge on any atom is -0.487 e. The van der Waals surface area contributed by atoms with Crippen molar-refractivity contribution in [3.63, 3.8) is 0 Å². The number of benzene rings is 2. The number of aliphatic hydroxyl groups is 2. The fourth-order valence-electron chi connectivity index (χ4n) is 5.04. The predicted octanol–water partition coefficient (Wildman–Crippen LogP) is 3.70. The number of rotatable bonds is 3. The number of likely N-dealkylation sites (tertiary alicyclic amines) is 1. The highest BCUT2D eigenvalue weighted by Gasteiger charge is 2.43. The van der Waals surface area contributed by atoms with E-state index in [9.17, 15) is 14.6 Å². The molecule has 0 bridgehead atoms. The first-order chi connectivity index (χ1) is 14.4. The smallest absolute Gasteiger partial charge is 0.126 e. The van der Waals surface area contributed by atoms with Crippen molar-refractivity contribution in [3.05, 3.63) is 65.6 Å². The van der Waals surface area contributed by atoms with Gasteiger partial charge in [-0.15, -0.1) is 0 Å². The Kier molecular flexibility index (Phi) is 4.81. The standard InChI is InChI=1S/C24H27FN2O3/c1-26-14-19(17-4-2-3-5-20(17)26)22(29)15-27-10-8-24(9-11-27)13-21(28)18-12-16(25)6-7-23(18)30-24/h2-7,12,14,21-22,28-29H,8-11,13,15H2,1H3/t21-,22+/m1/s1. The van der Waals surface area contributed by atoms with Crippen LogP contribution in [-0.2, 0) is 7.05 Å². The molecular formula is C24H27FN2O3. The van der Waals surface area contributed by atoms with Crippen molar-refractivity contribution in [1.82, 2.24) is 9.47 Å². The van der Waals surface area contributed by atoms with Gasteiger partial charge >= 0.3 is 0 Å². The molecule has 30 heavy (non-hydrogen) atoms. The lowest BCUT2D eigenvalue weighted by Gasteiger charge is -2.46. The number of halogens is 1. The summed E-state index contributed by atoms with van der Waals surface area (Å²) in [6, 6.07) is 12.5. The van der Waals surface area contributed by atoms with Crippen molar-refractivity contribution in [2.24, 2.45) is 7.05 Å². The van der Waals surface area contributed by atoms with Crippen LogP contribution in [0.25, 0.3) is 10.9 Å². The van der Waals surface area contributed by atoms with Crippen LogP contribution in [0.3, 0.4) is 0 Å². The lowest BCUT2D eigenvalue weighted by Crippen LogP contribution is -2.51. The minimum atomic E-state index is -0.711. The summed E-state index contributed by atoms with van der Waals surface area (Å²) in [5.41, 5.74) is 2.18. The molecule has 2 atom stereocenters.